The van der Waals surface area contributed by atoms with Crippen LogP contribution < -0.4 is 0 Å². The van der Waals surface area contributed by atoms with Gasteiger partial charge in [-0.1, -0.05) is 0 Å². The second-order valence-electron chi connectivity index (χ2n) is 1.76. The third-order valence-electron chi connectivity index (χ3n) is 0.804. The molecule has 0 atom stereocenters. The molecule has 1 nitrogen and oxygen atoms in total. The van der Waals surface area contributed by atoms with Gasteiger partial charge in [-0.05, 0) is 6.92 Å². The molecule has 0 aliphatic heterocycles. The van der Waals surface area contributed by atoms with Gasteiger partial charge in [-0.25, -0.2) is 0 Å². The lowest BCUT2D eigenvalue weighted by atomic mass is 10.3. The number of halogens is 6. The fraction of sp³-hybridized carbons (Fsp3) is 0.800. The van der Waals surface area contributed by atoms with Gasteiger partial charge in [0, 0.05) is 6.61 Å². The van der Waals surface area contributed by atoms with E-state index in [9.17, 15) is 26.3 Å². The first-order valence-corrected chi connectivity index (χ1v) is 2.83. The summed E-state index contributed by atoms with van der Waals surface area (Å²) in [7, 11) is 0. The topological polar surface area (TPSA) is 9.23 Å². The average Bonchev–Trinajstić information content (AvgIpc) is 1.77. The van der Waals surface area contributed by atoms with Gasteiger partial charge < -0.3 is 4.74 Å². The summed E-state index contributed by atoms with van der Waals surface area (Å²) in [6.45, 7) is 0.367. The van der Waals surface area contributed by atoms with Gasteiger partial charge in [0.05, 0.1) is 0 Å². The Balaban J connectivity index is 4.45. The van der Waals surface area contributed by atoms with Gasteiger partial charge in [-0.15, -0.1) is 0 Å². The molecule has 0 aliphatic rings. The molecule has 0 fully saturated rings. The molecular weight excluding hydrogens is 190 g/mol. The molecule has 0 heterocycles. The Labute approximate surface area is 64.3 Å². The highest BCUT2D eigenvalue weighted by atomic mass is 19.4. The van der Waals surface area contributed by atoms with E-state index in [0.29, 0.717) is 0 Å². The molecule has 0 amide bonds. The van der Waals surface area contributed by atoms with Crippen molar-refractivity contribution >= 4 is 0 Å². The summed E-state index contributed by atoms with van der Waals surface area (Å²) < 4.78 is 72.6. The van der Waals surface area contributed by atoms with E-state index >= 15 is 0 Å². The van der Waals surface area contributed by atoms with E-state index in [1.54, 1.807) is 0 Å². The van der Waals surface area contributed by atoms with Crippen LogP contribution in [0.4, 0.5) is 26.3 Å². The predicted molar refractivity (Wildman–Crippen MR) is 27.0 cm³/mol. The van der Waals surface area contributed by atoms with Crippen molar-refractivity contribution in [3.05, 3.63) is 6.10 Å². The summed E-state index contributed by atoms with van der Waals surface area (Å²) >= 11 is 0. The van der Waals surface area contributed by atoms with Crippen LogP contribution in [0.5, 0.6) is 0 Å². The smallest absolute Gasteiger partial charge is 0.356 e. The Hall–Kier alpha value is -0.460. The Bertz CT molecular complexity index is 122. The van der Waals surface area contributed by atoms with E-state index in [1.807, 2.05) is 0 Å². The van der Waals surface area contributed by atoms with Crippen LogP contribution >= 0.6 is 0 Å². The van der Waals surface area contributed by atoms with Crippen molar-refractivity contribution in [2.24, 2.45) is 0 Å². The average molecular weight is 195 g/mol. The van der Waals surface area contributed by atoms with Crippen molar-refractivity contribution in [3.8, 4) is 0 Å². The van der Waals surface area contributed by atoms with Crippen LogP contribution in [0.1, 0.15) is 6.92 Å². The lowest BCUT2D eigenvalue weighted by Gasteiger charge is -2.20. The summed E-state index contributed by atoms with van der Waals surface area (Å²) in [5.74, 6) is 0. The number of hydrogen-bond donors (Lipinski definition) is 0. The highest BCUT2D eigenvalue weighted by Gasteiger charge is 2.59. The first-order chi connectivity index (χ1) is 5.19. The van der Waals surface area contributed by atoms with Crippen molar-refractivity contribution in [1.29, 1.82) is 0 Å². The fourth-order valence-corrected chi connectivity index (χ4v) is 0.469. The Morgan fingerprint density at radius 3 is 1.42 bits per heavy atom. The largest absolute Gasteiger partial charge is 0.430 e. The standard InChI is InChI=1S/C5H5F6O/c1-2-12-3(4(6,7)8)5(9,10)11/h2H2,1H3. The molecule has 0 spiro atoms. The van der Waals surface area contributed by atoms with Crippen LogP contribution in [0.25, 0.3) is 0 Å². The predicted octanol–water partition coefficient (Wildman–Crippen LogP) is 2.68. The van der Waals surface area contributed by atoms with Crippen LogP contribution in [0.15, 0.2) is 0 Å². The highest BCUT2D eigenvalue weighted by molar-refractivity contribution is 4.95. The van der Waals surface area contributed by atoms with Crippen LogP contribution in [0.3, 0.4) is 0 Å². The second-order valence-corrected chi connectivity index (χ2v) is 1.76. The first-order valence-electron chi connectivity index (χ1n) is 2.83. The fourth-order valence-electron chi connectivity index (χ4n) is 0.469. The lowest BCUT2D eigenvalue weighted by Crippen LogP contribution is -2.36. The zero-order valence-corrected chi connectivity index (χ0v) is 5.88. The molecule has 0 saturated carbocycles. The summed E-state index contributed by atoms with van der Waals surface area (Å²) in [6, 6.07) is 0. The Morgan fingerprint density at radius 1 is 1.00 bits per heavy atom. The van der Waals surface area contributed by atoms with Crippen LogP contribution in [0, 0.1) is 6.10 Å². The molecule has 0 bridgehead atoms. The minimum Gasteiger partial charge on any atom is -0.356 e. The van der Waals surface area contributed by atoms with Crippen molar-refractivity contribution in [2.75, 3.05) is 6.61 Å². The molecule has 0 N–H and O–H groups in total. The molecule has 0 aromatic carbocycles. The van der Waals surface area contributed by atoms with E-state index in [0.717, 1.165) is 6.92 Å². The monoisotopic (exact) mass is 195 g/mol. The SMILES string of the molecule is CCO[C](C(F)(F)F)C(F)(F)F. The van der Waals surface area contributed by atoms with Crippen LogP contribution in [-0.2, 0) is 4.74 Å². The van der Waals surface area contributed by atoms with Crippen molar-refractivity contribution in [2.45, 2.75) is 19.3 Å². The molecule has 0 rings (SSSR count). The summed E-state index contributed by atoms with van der Waals surface area (Å²) in [5, 5.41) is 0. The van der Waals surface area contributed by atoms with Crippen molar-refractivity contribution < 1.29 is 31.1 Å². The number of alkyl halides is 6. The molecule has 0 aromatic rings. The molecular formula is C5H5F6O. The second kappa shape index (κ2) is 3.51. The number of hydrogen-bond acceptors (Lipinski definition) is 1. The Morgan fingerprint density at radius 2 is 1.33 bits per heavy atom. The summed E-state index contributed by atoms with van der Waals surface area (Å²) in [5.41, 5.74) is 0. The molecule has 0 aromatic heterocycles. The van der Waals surface area contributed by atoms with Gasteiger partial charge >= 0.3 is 18.5 Å². The van der Waals surface area contributed by atoms with E-state index in [4.69, 9.17) is 0 Å². The number of rotatable bonds is 2. The summed E-state index contributed by atoms with van der Waals surface area (Å²) in [6.07, 6.45) is -13.8. The molecule has 73 valence electrons. The quantitative estimate of drug-likeness (QED) is 0.615. The van der Waals surface area contributed by atoms with Crippen LogP contribution in [-0.4, -0.2) is 19.0 Å². The third kappa shape index (κ3) is 3.29. The molecule has 12 heavy (non-hydrogen) atoms. The maximum Gasteiger partial charge on any atom is 0.430 e. The van der Waals surface area contributed by atoms with Gasteiger partial charge in [0.15, 0.2) is 0 Å². The molecule has 0 unspecified atom stereocenters. The molecule has 0 saturated heterocycles. The number of ether oxygens (including phenoxy) is 1. The van der Waals surface area contributed by atoms with Gasteiger partial charge in [0.1, 0.15) is 0 Å². The minimum atomic E-state index is -5.48. The highest BCUT2D eigenvalue weighted by Crippen LogP contribution is 2.41. The van der Waals surface area contributed by atoms with E-state index in [2.05, 4.69) is 4.74 Å². The van der Waals surface area contributed by atoms with E-state index < -0.39 is 25.1 Å². The minimum absolute atomic E-state index is 0.672. The maximum absolute atomic E-state index is 11.5. The van der Waals surface area contributed by atoms with Crippen molar-refractivity contribution in [3.63, 3.8) is 0 Å². The van der Waals surface area contributed by atoms with Gasteiger partial charge in [-0.3, -0.25) is 0 Å². The van der Waals surface area contributed by atoms with Crippen LogP contribution in [0.2, 0.25) is 0 Å². The maximum atomic E-state index is 11.5. The van der Waals surface area contributed by atoms with Crippen molar-refractivity contribution in [1.82, 2.24) is 0 Å². The summed E-state index contributed by atoms with van der Waals surface area (Å²) in [4.78, 5) is 0. The van der Waals surface area contributed by atoms with Gasteiger partial charge in [0.2, 0.25) is 0 Å². The third-order valence-corrected chi connectivity index (χ3v) is 0.804. The van der Waals surface area contributed by atoms with Gasteiger partial charge in [-0.2, -0.15) is 26.3 Å². The van der Waals surface area contributed by atoms with Gasteiger partial charge in [0.25, 0.3) is 0 Å². The zero-order valence-electron chi connectivity index (χ0n) is 5.88. The molecule has 1 radical (unpaired) electrons. The lowest BCUT2D eigenvalue weighted by molar-refractivity contribution is -0.261. The van der Waals surface area contributed by atoms with E-state index in [1.165, 1.54) is 0 Å². The Kier molecular flexibility index (Phi) is 3.37. The van der Waals surface area contributed by atoms with E-state index in [-0.39, 0.29) is 0 Å². The normalized spacial score (nSPS) is 14.0. The first kappa shape index (κ1) is 11.5. The molecule has 0 aliphatic carbocycles. The molecule has 7 heteroatoms. The zero-order chi connectivity index (χ0) is 9.99.